The van der Waals surface area contributed by atoms with Crippen molar-refractivity contribution in [1.29, 1.82) is 0 Å². The Bertz CT molecular complexity index is 480. The number of hydrogen-bond donors (Lipinski definition) is 1. The van der Waals surface area contributed by atoms with Crippen molar-refractivity contribution < 1.29 is 4.74 Å². The number of rotatable bonds is 3. The predicted molar refractivity (Wildman–Crippen MR) is 84.5 cm³/mol. The van der Waals surface area contributed by atoms with E-state index in [1.54, 1.807) is 0 Å². The molecule has 21 heavy (non-hydrogen) atoms. The SMILES string of the molecule is c1ccc2c(c1)CCN(C1CCC1)CC2OC1CCNC1. The Labute approximate surface area is 127 Å². The minimum absolute atomic E-state index is 0.259. The summed E-state index contributed by atoms with van der Waals surface area (Å²) < 4.78 is 6.50. The molecule has 3 aliphatic rings. The Hall–Kier alpha value is -0.900. The van der Waals surface area contributed by atoms with Crippen molar-refractivity contribution in [2.75, 3.05) is 26.2 Å². The van der Waals surface area contributed by atoms with Gasteiger partial charge in [-0.15, -0.1) is 0 Å². The van der Waals surface area contributed by atoms with E-state index in [-0.39, 0.29) is 6.10 Å². The quantitative estimate of drug-likeness (QED) is 0.924. The van der Waals surface area contributed by atoms with Gasteiger partial charge in [0.25, 0.3) is 0 Å². The fraction of sp³-hybridized carbons (Fsp3) is 0.667. The van der Waals surface area contributed by atoms with Gasteiger partial charge in [0.05, 0.1) is 12.2 Å². The lowest BCUT2D eigenvalue weighted by Gasteiger charge is -2.38. The number of nitrogens with one attached hydrogen (secondary N) is 1. The first-order valence-corrected chi connectivity index (χ1v) is 8.58. The maximum atomic E-state index is 6.50. The molecule has 2 atom stereocenters. The lowest BCUT2D eigenvalue weighted by atomic mass is 9.91. The van der Waals surface area contributed by atoms with Crippen LogP contribution in [0.1, 0.15) is 42.9 Å². The third-order valence-electron chi connectivity index (χ3n) is 5.43. The molecule has 2 fully saturated rings. The van der Waals surface area contributed by atoms with Gasteiger partial charge < -0.3 is 10.1 Å². The minimum atomic E-state index is 0.259. The van der Waals surface area contributed by atoms with E-state index in [0.29, 0.717) is 6.10 Å². The van der Waals surface area contributed by atoms with Crippen molar-refractivity contribution in [3.8, 4) is 0 Å². The molecule has 4 rings (SSSR count). The number of benzene rings is 1. The molecule has 2 unspecified atom stereocenters. The van der Waals surface area contributed by atoms with Gasteiger partial charge in [-0.25, -0.2) is 0 Å². The van der Waals surface area contributed by atoms with Gasteiger partial charge in [-0.2, -0.15) is 0 Å². The van der Waals surface area contributed by atoms with Crippen LogP contribution in [0.15, 0.2) is 24.3 Å². The van der Waals surface area contributed by atoms with Gasteiger partial charge in [0.15, 0.2) is 0 Å². The highest BCUT2D eigenvalue weighted by Gasteiger charge is 2.32. The first-order valence-electron chi connectivity index (χ1n) is 8.58. The Balaban J connectivity index is 1.55. The first kappa shape index (κ1) is 13.7. The first-order chi connectivity index (χ1) is 10.4. The number of ether oxygens (including phenoxy) is 1. The third-order valence-corrected chi connectivity index (χ3v) is 5.43. The second kappa shape index (κ2) is 6.07. The summed E-state index contributed by atoms with van der Waals surface area (Å²) in [4.78, 5) is 2.69. The molecule has 1 aromatic rings. The predicted octanol–water partition coefficient (Wildman–Crippen LogP) is 2.52. The monoisotopic (exact) mass is 286 g/mol. The summed E-state index contributed by atoms with van der Waals surface area (Å²) in [5.74, 6) is 0. The summed E-state index contributed by atoms with van der Waals surface area (Å²) in [5, 5.41) is 3.42. The van der Waals surface area contributed by atoms with Crippen molar-refractivity contribution in [3.05, 3.63) is 35.4 Å². The highest BCUT2D eigenvalue weighted by Crippen LogP contribution is 2.33. The van der Waals surface area contributed by atoms with Gasteiger partial charge in [-0.1, -0.05) is 30.7 Å². The molecular formula is C18H26N2O. The van der Waals surface area contributed by atoms with Crippen LogP contribution in [-0.4, -0.2) is 43.2 Å². The molecule has 0 bridgehead atoms. The standard InChI is InChI=1S/C18H26N2O/c1-2-7-17-14(4-1)9-11-20(15-5-3-6-15)13-18(17)21-16-8-10-19-12-16/h1-2,4,7,15-16,18-19H,3,5-6,8-13H2. The zero-order valence-corrected chi connectivity index (χ0v) is 12.8. The third kappa shape index (κ3) is 2.87. The largest absolute Gasteiger partial charge is 0.368 e. The van der Waals surface area contributed by atoms with Gasteiger partial charge in [0, 0.05) is 25.7 Å². The second-order valence-corrected chi connectivity index (χ2v) is 6.77. The molecule has 0 aromatic heterocycles. The lowest BCUT2D eigenvalue weighted by Crippen LogP contribution is -2.43. The van der Waals surface area contributed by atoms with Crippen LogP contribution in [0.5, 0.6) is 0 Å². The van der Waals surface area contributed by atoms with E-state index in [1.165, 1.54) is 43.4 Å². The van der Waals surface area contributed by atoms with Crippen molar-refractivity contribution in [2.45, 2.75) is 50.4 Å². The smallest absolute Gasteiger partial charge is 0.0958 e. The molecule has 2 aliphatic heterocycles. The van der Waals surface area contributed by atoms with Crippen LogP contribution in [0.2, 0.25) is 0 Å². The van der Waals surface area contributed by atoms with Crippen LogP contribution in [0.25, 0.3) is 0 Å². The van der Waals surface area contributed by atoms with Crippen LogP contribution in [0.4, 0.5) is 0 Å². The molecule has 1 saturated carbocycles. The molecule has 0 spiro atoms. The summed E-state index contributed by atoms with van der Waals surface area (Å²) in [7, 11) is 0. The number of nitrogens with zero attached hydrogens (tertiary/aromatic N) is 1. The normalized spacial score (nSPS) is 30.7. The van der Waals surface area contributed by atoms with E-state index in [1.807, 2.05) is 0 Å². The molecule has 3 heteroatoms. The molecule has 0 radical (unpaired) electrons. The summed E-state index contributed by atoms with van der Waals surface area (Å²) >= 11 is 0. The Morgan fingerprint density at radius 2 is 2.05 bits per heavy atom. The fourth-order valence-corrected chi connectivity index (χ4v) is 3.92. The molecule has 1 saturated heterocycles. The second-order valence-electron chi connectivity index (χ2n) is 6.77. The topological polar surface area (TPSA) is 24.5 Å². The Kier molecular flexibility index (Phi) is 3.97. The molecular weight excluding hydrogens is 260 g/mol. The molecule has 0 amide bonds. The van der Waals surface area contributed by atoms with Gasteiger partial charge in [-0.05, 0) is 43.4 Å². The van der Waals surface area contributed by atoms with Gasteiger partial charge in [0.1, 0.15) is 0 Å². The maximum absolute atomic E-state index is 6.50. The van der Waals surface area contributed by atoms with E-state index < -0.39 is 0 Å². The summed E-state index contributed by atoms with van der Waals surface area (Å²) in [5.41, 5.74) is 2.93. The Morgan fingerprint density at radius 3 is 2.81 bits per heavy atom. The summed E-state index contributed by atoms with van der Waals surface area (Å²) in [6.45, 7) is 4.40. The molecule has 1 aliphatic carbocycles. The van der Waals surface area contributed by atoms with Crippen LogP contribution < -0.4 is 5.32 Å². The summed E-state index contributed by atoms with van der Waals surface area (Å²) in [6, 6.07) is 9.73. The minimum Gasteiger partial charge on any atom is -0.368 e. The van der Waals surface area contributed by atoms with E-state index in [9.17, 15) is 0 Å². The van der Waals surface area contributed by atoms with E-state index >= 15 is 0 Å². The zero-order valence-electron chi connectivity index (χ0n) is 12.8. The van der Waals surface area contributed by atoms with E-state index in [2.05, 4.69) is 34.5 Å². The van der Waals surface area contributed by atoms with Crippen LogP contribution in [0.3, 0.4) is 0 Å². The summed E-state index contributed by atoms with van der Waals surface area (Å²) in [6.07, 6.45) is 7.16. The average Bonchev–Trinajstić information content (AvgIpc) is 2.89. The zero-order chi connectivity index (χ0) is 14.1. The molecule has 1 aromatic carbocycles. The lowest BCUT2D eigenvalue weighted by molar-refractivity contribution is -0.0312. The van der Waals surface area contributed by atoms with Gasteiger partial charge >= 0.3 is 0 Å². The average molecular weight is 286 g/mol. The van der Waals surface area contributed by atoms with Crippen LogP contribution >= 0.6 is 0 Å². The fourth-order valence-electron chi connectivity index (χ4n) is 3.92. The van der Waals surface area contributed by atoms with Crippen LogP contribution in [0, 0.1) is 0 Å². The highest BCUT2D eigenvalue weighted by molar-refractivity contribution is 5.31. The van der Waals surface area contributed by atoms with E-state index in [0.717, 1.165) is 32.1 Å². The van der Waals surface area contributed by atoms with Gasteiger partial charge in [0.2, 0.25) is 0 Å². The van der Waals surface area contributed by atoms with Crippen LogP contribution in [-0.2, 0) is 11.2 Å². The van der Waals surface area contributed by atoms with Crippen molar-refractivity contribution >= 4 is 0 Å². The molecule has 114 valence electrons. The van der Waals surface area contributed by atoms with Crippen molar-refractivity contribution in [1.82, 2.24) is 10.2 Å². The Morgan fingerprint density at radius 1 is 1.14 bits per heavy atom. The molecule has 1 N–H and O–H groups in total. The van der Waals surface area contributed by atoms with E-state index in [4.69, 9.17) is 4.74 Å². The van der Waals surface area contributed by atoms with Crippen molar-refractivity contribution in [2.24, 2.45) is 0 Å². The van der Waals surface area contributed by atoms with Gasteiger partial charge in [-0.3, -0.25) is 4.90 Å². The highest BCUT2D eigenvalue weighted by atomic mass is 16.5. The molecule has 2 heterocycles. The maximum Gasteiger partial charge on any atom is 0.0958 e. The molecule has 3 nitrogen and oxygen atoms in total. The number of hydrogen-bond acceptors (Lipinski definition) is 3. The number of fused-ring (bicyclic) bond motifs is 1. The van der Waals surface area contributed by atoms with Crippen molar-refractivity contribution in [3.63, 3.8) is 0 Å².